The fourth-order valence-corrected chi connectivity index (χ4v) is 5.88. The van der Waals surface area contributed by atoms with Gasteiger partial charge in [0.2, 0.25) is 0 Å². The van der Waals surface area contributed by atoms with Crippen LogP contribution in [-0.2, 0) is 6.54 Å². The van der Waals surface area contributed by atoms with E-state index in [9.17, 15) is 4.79 Å². The second-order valence-electron chi connectivity index (χ2n) is 6.40. The molecule has 2 N–H and O–H groups in total. The zero-order valence-corrected chi connectivity index (χ0v) is 16.6. The number of rotatable bonds is 7. The van der Waals surface area contributed by atoms with E-state index in [1.165, 1.54) is 23.5 Å². The van der Waals surface area contributed by atoms with Crippen molar-refractivity contribution in [2.75, 3.05) is 24.6 Å². The van der Waals surface area contributed by atoms with E-state index in [0.717, 1.165) is 17.5 Å². The third-order valence-corrected chi connectivity index (χ3v) is 7.41. The number of hydrogen-bond acceptors (Lipinski definition) is 4. The number of nitrogens with two attached hydrogens (primary N) is 1. The Morgan fingerprint density at radius 2 is 1.73 bits per heavy atom. The van der Waals surface area contributed by atoms with Crippen LogP contribution in [0.25, 0.3) is 0 Å². The molecule has 0 saturated carbocycles. The summed E-state index contributed by atoms with van der Waals surface area (Å²) < 4.78 is 0.505. The highest BCUT2D eigenvalue weighted by atomic mass is 32.2. The zero-order valence-electron chi connectivity index (χ0n) is 15.0. The molecular formula is C21H26N2OS2. The van der Waals surface area contributed by atoms with Crippen molar-refractivity contribution < 1.29 is 4.79 Å². The molecule has 0 radical (unpaired) electrons. The Labute approximate surface area is 164 Å². The van der Waals surface area contributed by atoms with Crippen molar-refractivity contribution in [2.24, 2.45) is 5.73 Å². The highest BCUT2D eigenvalue weighted by molar-refractivity contribution is 8.16. The quantitative estimate of drug-likeness (QED) is 0.758. The number of nitrogens with zero attached hydrogens (tertiary/aromatic N) is 1. The summed E-state index contributed by atoms with van der Waals surface area (Å²) in [6, 6.07) is 18.3. The van der Waals surface area contributed by atoms with Crippen molar-refractivity contribution in [1.29, 1.82) is 0 Å². The third-order valence-electron chi connectivity index (χ3n) is 4.39. The van der Waals surface area contributed by atoms with Gasteiger partial charge in [0.1, 0.15) is 0 Å². The minimum Gasteiger partial charge on any atom is -0.334 e. The van der Waals surface area contributed by atoms with E-state index in [2.05, 4.69) is 24.3 Å². The number of carbonyl (C=O) groups is 1. The number of thioether (sulfide) groups is 2. The minimum absolute atomic E-state index is 0.0813. The SMILES string of the molecule is NCCCN(Cc1ccccc1)C(=O)c1ccc(C2SCCCS2)cc1. The summed E-state index contributed by atoms with van der Waals surface area (Å²) in [6.45, 7) is 1.89. The van der Waals surface area contributed by atoms with Crippen LogP contribution in [0.2, 0.25) is 0 Å². The fourth-order valence-electron chi connectivity index (χ4n) is 2.98. The Kier molecular flexibility index (Phi) is 7.47. The number of amides is 1. The molecule has 1 aliphatic heterocycles. The van der Waals surface area contributed by atoms with Gasteiger partial charge in [-0.25, -0.2) is 0 Å². The van der Waals surface area contributed by atoms with Gasteiger partial charge in [0.15, 0.2) is 0 Å². The summed E-state index contributed by atoms with van der Waals surface area (Å²) in [6.07, 6.45) is 2.10. The van der Waals surface area contributed by atoms with Gasteiger partial charge in [-0.15, -0.1) is 23.5 Å². The van der Waals surface area contributed by atoms with Gasteiger partial charge in [-0.2, -0.15) is 0 Å². The Balaban J connectivity index is 1.70. The zero-order chi connectivity index (χ0) is 18.2. The molecule has 138 valence electrons. The van der Waals surface area contributed by atoms with Gasteiger partial charge in [-0.3, -0.25) is 4.79 Å². The van der Waals surface area contributed by atoms with Crippen molar-refractivity contribution >= 4 is 29.4 Å². The molecule has 26 heavy (non-hydrogen) atoms. The lowest BCUT2D eigenvalue weighted by Gasteiger charge is -2.24. The second kappa shape index (κ2) is 10.0. The second-order valence-corrected chi connectivity index (χ2v) is 9.13. The molecule has 2 aromatic carbocycles. The van der Waals surface area contributed by atoms with Gasteiger partial charge in [0.25, 0.3) is 5.91 Å². The van der Waals surface area contributed by atoms with Gasteiger partial charge in [-0.1, -0.05) is 42.5 Å². The molecule has 3 rings (SSSR count). The van der Waals surface area contributed by atoms with E-state index in [-0.39, 0.29) is 5.91 Å². The Morgan fingerprint density at radius 1 is 1.04 bits per heavy atom. The van der Waals surface area contributed by atoms with Gasteiger partial charge in [-0.05, 0) is 54.2 Å². The molecule has 1 fully saturated rings. The largest absolute Gasteiger partial charge is 0.334 e. The highest BCUT2D eigenvalue weighted by Crippen LogP contribution is 2.43. The highest BCUT2D eigenvalue weighted by Gasteiger charge is 2.19. The first kappa shape index (κ1) is 19.3. The van der Waals surface area contributed by atoms with E-state index in [1.54, 1.807) is 0 Å². The minimum atomic E-state index is 0.0813. The van der Waals surface area contributed by atoms with Crippen molar-refractivity contribution in [3.05, 3.63) is 71.3 Å². The van der Waals surface area contributed by atoms with Crippen LogP contribution in [0.3, 0.4) is 0 Å². The lowest BCUT2D eigenvalue weighted by atomic mass is 10.1. The molecule has 0 bridgehead atoms. The topological polar surface area (TPSA) is 46.3 Å². The van der Waals surface area contributed by atoms with Crippen molar-refractivity contribution in [3.63, 3.8) is 0 Å². The summed E-state index contributed by atoms with van der Waals surface area (Å²) in [5, 5.41) is 0. The van der Waals surface area contributed by atoms with Crippen LogP contribution >= 0.6 is 23.5 Å². The van der Waals surface area contributed by atoms with E-state index >= 15 is 0 Å². The van der Waals surface area contributed by atoms with Crippen LogP contribution in [0.15, 0.2) is 54.6 Å². The van der Waals surface area contributed by atoms with Crippen molar-refractivity contribution in [1.82, 2.24) is 4.90 Å². The molecule has 3 nitrogen and oxygen atoms in total. The average Bonchev–Trinajstić information content (AvgIpc) is 2.72. The maximum absolute atomic E-state index is 13.0. The number of hydrogen-bond donors (Lipinski definition) is 1. The summed E-state index contributed by atoms with van der Waals surface area (Å²) in [4.78, 5) is 14.9. The Morgan fingerprint density at radius 3 is 2.38 bits per heavy atom. The molecule has 5 heteroatoms. The summed E-state index contributed by atoms with van der Waals surface area (Å²) in [5.41, 5.74) is 8.88. The number of carbonyl (C=O) groups excluding carboxylic acids is 1. The molecule has 0 aliphatic carbocycles. The predicted octanol–water partition coefficient (Wildman–Crippen LogP) is 4.55. The standard InChI is InChI=1S/C21H26N2OS2/c22-12-4-13-23(16-17-6-2-1-3-7-17)20(24)18-8-10-19(11-9-18)21-25-14-5-15-26-21/h1-3,6-11,21H,4-5,12-16,22H2. The maximum Gasteiger partial charge on any atom is 0.254 e. The van der Waals surface area contributed by atoms with Gasteiger partial charge < -0.3 is 10.6 Å². The molecule has 2 aromatic rings. The van der Waals surface area contributed by atoms with Crippen LogP contribution < -0.4 is 5.73 Å². The molecule has 1 heterocycles. The molecule has 0 aromatic heterocycles. The molecule has 1 amide bonds. The van der Waals surface area contributed by atoms with Crippen LogP contribution in [0.1, 0.15) is 38.9 Å². The summed E-state index contributed by atoms with van der Waals surface area (Å²) in [7, 11) is 0. The molecule has 0 atom stereocenters. The molecule has 1 saturated heterocycles. The average molecular weight is 387 g/mol. The smallest absolute Gasteiger partial charge is 0.254 e. The summed E-state index contributed by atoms with van der Waals surface area (Å²) >= 11 is 4.01. The van der Waals surface area contributed by atoms with E-state index < -0.39 is 0 Å². The van der Waals surface area contributed by atoms with Crippen LogP contribution in [0.5, 0.6) is 0 Å². The van der Waals surface area contributed by atoms with Gasteiger partial charge in [0, 0.05) is 18.7 Å². The monoisotopic (exact) mass is 386 g/mol. The van der Waals surface area contributed by atoms with Crippen molar-refractivity contribution in [3.8, 4) is 0 Å². The lowest BCUT2D eigenvalue weighted by molar-refractivity contribution is 0.0742. The lowest BCUT2D eigenvalue weighted by Crippen LogP contribution is -2.32. The van der Waals surface area contributed by atoms with E-state index in [4.69, 9.17) is 5.73 Å². The predicted molar refractivity (Wildman–Crippen MR) is 114 cm³/mol. The van der Waals surface area contributed by atoms with Crippen LogP contribution in [0.4, 0.5) is 0 Å². The fraction of sp³-hybridized carbons (Fsp3) is 0.381. The first-order chi connectivity index (χ1) is 12.8. The first-order valence-corrected chi connectivity index (χ1v) is 11.2. The molecule has 0 spiro atoms. The van der Waals surface area contributed by atoms with Gasteiger partial charge in [0.05, 0.1) is 4.58 Å². The molecule has 1 aliphatic rings. The van der Waals surface area contributed by atoms with E-state index in [1.807, 2.05) is 58.8 Å². The van der Waals surface area contributed by atoms with Crippen LogP contribution in [0, 0.1) is 0 Å². The first-order valence-electron chi connectivity index (χ1n) is 9.14. The summed E-state index contributed by atoms with van der Waals surface area (Å²) in [5.74, 6) is 2.53. The normalized spacial score (nSPS) is 15.0. The Bertz CT molecular complexity index is 685. The number of benzene rings is 2. The Hall–Kier alpha value is -1.43. The van der Waals surface area contributed by atoms with Gasteiger partial charge >= 0.3 is 0 Å². The third kappa shape index (κ3) is 5.29. The van der Waals surface area contributed by atoms with Crippen molar-refractivity contribution in [2.45, 2.75) is 24.0 Å². The van der Waals surface area contributed by atoms with E-state index in [0.29, 0.717) is 24.2 Å². The molecule has 0 unspecified atom stereocenters. The molecular weight excluding hydrogens is 360 g/mol. The van der Waals surface area contributed by atoms with Crippen LogP contribution in [-0.4, -0.2) is 35.4 Å². The maximum atomic E-state index is 13.0.